The van der Waals surface area contributed by atoms with Crippen LogP contribution < -0.4 is 0 Å². The van der Waals surface area contributed by atoms with Gasteiger partial charge >= 0.3 is 5.97 Å². The molecule has 0 aromatic carbocycles. The first-order valence-electron chi connectivity index (χ1n) is 3.16. The summed E-state index contributed by atoms with van der Waals surface area (Å²) in [6.07, 6.45) is 0.762. The molecular weight excluding hydrogens is 134 g/mol. The van der Waals surface area contributed by atoms with Crippen LogP contribution in [0.25, 0.3) is 0 Å². The van der Waals surface area contributed by atoms with Gasteiger partial charge in [0.25, 0.3) is 0 Å². The lowest BCUT2D eigenvalue weighted by molar-refractivity contribution is -0.142. The van der Waals surface area contributed by atoms with Crippen molar-refractivity contribution in [2.45, 2.75) is 6.42 Å². The van der Waals surface area contributed by atoms with Crippen LogP contribution in [0.4, 0.5) is 0 Å². The van der Waals surface area contributed by atoms with E-state index in [0.717, 1.165) is 6.42 Å². The Kier molecular flexibility index (Phi) is 1.99. The third-order valence-corrected chi connectivity index (χ3v) is 1.74. The molecule has 0 aromatic rings. The SMILES string of the molecule is COC(=O)[C@@H]1C[C@H]1CN=O. The molecule has 0 radical (unpaired) electrons. The maximum absolute atomic E-state index is 10.7. The molecule has 0 unspecified atom stereocenters. The summed E-state index contributed by atoms with van der Waals surface area (Å²) in [6, 6.07) is 0. The van der Waals surface area contributed by atoms with Crippen molar-refractivity contribution in [1.29, 1.82) is 0 Å². The Bertz CT molecular complexity index is 157. The van der Waals surface area contributed by atoms with Gasteiger partial charge in [0.1, 0.15) is 0 Å². The molecule has 1 saturated carbocycles. The molecule has 4 nitrogen and oxygen atoms in total. The molecule has 4 heteroatoms. The van der Waals surface area contributed by atoms with Crippen molar-refractivity contribution in [3.05, 3.63) is 4.91 Å². The zero-order valence-corrected chi connectivity index (χ0v) is 5.74. The van der Waals surface area contributed by atoms with Gasteiger partial charge in [-0.2, -0.15) is 4.91 Å². The second kappa shape index (κ2) is 2.77. The fourth-order valence-electron chi connectivity index (χ4n) is 0.985. The maximum Gasteiger partial charge on any atom is 0.309 e. The van der Waals surface area contributed by atoms with Gasteiger partial charge in [0, 0.05) is 0 Å². The molecule has 1 aliphatic carbocycles. The number of carbonyl (C=O) groups excluding carboxylic acids is 1. The summed E-state index contributed by atoms with van der Waals surface area (Å²) in [6.45, 7) is 0.250. The molecule has 0 bridgehead atoms. The van der Waals surface area contributed by atoms with Crippen molar-refractivity contribution in [3.8, 4) is 0 Å². The summed E-state index contributed by atoms with van der Waals surface area (Å²) < 4.78 is 4.47. The number of carbonyl (C=O) groups is 1. The van der Waals surface area contributed by atoms with Crippen molar-refractivity contribution in [1.82, 2.24) is 0 Å². The quantitative estimate of drug-likeness (QED) is 0.428. The van der Waals surface area contributed by atoms with Crippen molar-refractivity contribution < 1.29 is 9.53 Å². The standard InChI is InChI=1S/C6H9NO3/c1-10-6(8)5-2-4(5)3-7-9/h4-5H,2-3H2,1H3/t4-,5+/m0/s1. The molecule has 2 atom stereocenters. The van der Waals surface area contributed by atoms with E-state index in [2.05, 4.69) is 9.91 Å². The number of hydrogen-bond donors (Lipinski definition) is 0. The number of nitrogens with zero attached hydrogens (tertiary/aromatic N) is 1. The van der Waals surface area contributed by atoms with E-state index in [4.69, 9.17) is 0 Å². The average molecular weight is 143 g/mol. The Labute approximate surface area is 58.5 Å². The van der Waals surface area contributed by atoms with Crippen LogP contribution in [-0.4, -0.2) is 19.6 Å². The summed E-state index contributed by atoms with van der Waals surface area (Å²) in [5.74, 6) is -0.110. The van der Waals surface area contributed by atoms with E-state index in [1.54, 1.807) is 0 Å². The molecule has 0 N–H and O–H groups in total. The van der Waals surface area contributed by atoms with Gasteiger partial charge in [-0.1, -0.05) is 5.18 Å². The monoisotopic (exact) mass is 143 g/mol. The van der Waals surface area contributed by atoms with Crippen LogP contribution in [0.2, 0.25) is 0 Å². The minimum Gasteiger partial charge on any atom is -0.469 e. The molecule has 0 aliphatic heterocycles. The Morgan fingerprint density at radius 1 is 1.80 bits per heavy atom. The van der Waals surface area contributed by atoms with Gasteiger partial charge in [0.05, 0.1) is 19.6 Å². The van der Waals surface area contributed by atoms with Gasteiger partial charge in [0.15, 0.2) is 0 Å². The van der Waals surface area contributed by atoms with E-state index in [1.165, 1.54) is 7.11 Å². The van der Waals surface area contributed by atoms with E-state index in [9.17, 15) is 9.70 Å². The van der Waals surface area contributed by atoms with Gasteiger partial charge < -0.3 is 4.74 Å². The van der Waals surface area contributed by atoms with Crippen molar-refractivity contribution in [2.75, 3.05) is 13.7 Å². The van der Waals surface area contributed by atoms with Crippen LogP contribution in [0.15, 0.2) is 5.18 Å². The van der Waals surface area contributed by atoms with Crippen LogP contribution in [0.3, 0.4) is 0 Å². The maximum atomic E-state index is 10.7. The predicted molar refractivity (Wildman–Crippen MR) is 34.3 cm³/mol. The van der Waals surface area contributed by atoms with Crippen molar-refractivity contribution >= 4 is 5.97 Å². The molecule has 0 heterocycles. The summed E-state index contributed by atoms with van der Waals surface area (Å²) in [5, 5.41) is 2.71. The summed E-state index contributed by atoms with van der Waals surface area (Å²) >= 11 is 0. The normalized spacial score (nSPS) is 29.3. The summed E-state index contributed by atoms with van der Waals surface area (Å²) in [4.78, 5) is 20.4. The van der Waals surface area contributed by atoms with E-state index in [-0.39, 0.29) is 24.3 Å². The number of ether oxygens (including phenoxy) is 1. The zero-order valence-electron chi connectivity index (χ0n) is 5.74. The predicted octanol–water partition coefficient (Wildman–Crippen LogP) is 0.562. The highest BCUT2D eigenvalue weighted by molar-refractivity contribution is 5.75. The molecular formula is C6H9NO3. The minimum atomic E-state index is -0.214. The lowest BCUT2D eigenvalue weighted by Gasteiger charge is -1.92. The summed E-state index contributed by atoms with van der Waals surface area (Å²) in [7, 11) is 1.35. The fraction of sp³-hybridized carbons (Fsp3) is 0.833. The van der Waals surface area contributed by atoms with Gasteiger partial charge in [-0.3, -0.25) is 4.79 Å². The molecule has 0 aromatic heterocycles. The number of hydrogen-bond acceptors (Lipinski definition) is 4. The van der Waals surface area contributed by atoms with E-state index in [0.29, 0.717) is 0 Å². The molecule has 10 heavy (non-hydrogen) atoms. The molecule has 1 rings (SSSR count). The van der Waals surface area contributed by atoms with Crippen molar-refractivity contribution in [2.24, 2.45) is 17.0 Å². The van der Waals surface area contributed by atoms with Gasteiger partial charge in [-0.15, -0.1) is 0 Å². The second-order valence-corrected chi connectivity index (χ2v) is 2.44. The van der Waals surface area contributed by atoms with Crippen LogP contribution in [0.1, 0.15) is 6.42 Å². The fourth-order valence-corrected chi connectivity index (χ4v) is 0.985. The Morgan fingerprint density at radius 3 is 3.00 bits per heavy atom. The highest BCUT2D eigenvalue weighted by Gasteiger charge is 2.43. The molecule has 1 fully saturated rings. The topological polar surface area (TPSA) is 55.7 Å². The first kappa shape index (κ1) is 7.18. The Balaban J connectivity index is 2.24. The van der Waals surface area contributed by atoms with Crippen LogP contribution in [0.5, 0.6) is 0 Å². The highest BCUT2D eigenvalue weighted by Crippen LogP contribution is 2.39. The first-order chi connectivity index (χ1) is 4.79. The van der Waals surface area contributed by atoms with Gasteiger partial charge in [0.2, 0.25) is 0 Å². The van der Waals surface area contributed by atoms with Gasteiger partial charge in [-0.25, -0.2) is 0 Å². The third-order valence-electron chi connectivity index (χ3n) is 1.74. The third kappa shape index (κ3) is 1.32. The molecule has 56 valence electrons. The lowest BCUT2D eigenvalue weighted by atomic mass is 10.3. The number of esters is 1. The first-order valence-corrected chi connectivity index (χ1v) is 3.16. The minimum absolute atomic E-state index is 0.0531. The number of methoxy groups -OCH3 is 1. The van der Waals surface area contributed by atoms with E-state index in [1.807, 2.05) is 0 Å². The van der Waals surface area contributed by atoms with Crippen molar-refractivity contribution in [3.63, 3.8) is 0 Å². The highest BCUT2D eigenvalue weighted by atomic mass is 16.5. The lowest BCUT2D eigenvalue weighted by Crippen LogP contribution is -2.05. The molecule has 0 amide bonds. The number of nitroso groups, excluding NO2 is 1. The smallest absolute Gasteiger partial charge is 0.309 e. The zero-order chi connectivity index (χ0) is 7.56. The molecule has 1 aliphatic rings. The van der Waals surface area contributed by atoms with Crippen LogP contribution in [0, 0.1) is 16.7 Å². The largest absolute Gasteiger partial charge is 0.469 e. The van der Waals surface area contributed by atoms with Crippen LogP contribution in [-0.2, 0) is 9.53 Å². The number of rotatable bonds is 3. The second-order valence-electron chi connectivity index (χ2n) is 2.44. The Morgan fingerprint density at radius 2 is 2.50 bits per heavy atom. The average Bonchev–Trinajstić information content (AvgIpc) is 2.67. The van der Waals surface area contributed by atoms with Gasteiger partial charge in [-0.05, 0) is 12.3 Å². The summed E-state index contributed by atoms with van der Waals surface area (Å²) in [5.41, 5.74) is 0. The van der Waals surface area contributed by atoms with E-state index < -0.39 is 0 Å². The Hall–Kier alpha value is -0.930. The van der Waals surface area contributed by atoms with Crippen LogP contribution >= 0.6 is 0 Å². The molecule has 0 spiro atoms. The van der Waals surface area contributed by atoms with E-state index >= 15 is 0 Å². The molecule has 0 saturated heterocycles.